The van der Waals surface area contributed by atoms with Gasteiger partial charge in [-0.15, -0.1) is 0 Å². The molecule has 0 aliphatic carbocycles. The second-order valence-corrected chi connectivity index (χ2v) is 6.28. The molecule has 142 valence electrons. The number of carbonyl (C=O) groups excluding carboxylic acids is 1. The molecule has 1 aliphatic rings. The summed E-state index contributed by atoms with van der Waals surface area (Å²) in [5, 5.41) is 11.5. The molecule has 0 radical (unpaired) electrons. The maximum absolute atomic E-state index is 12.8. The number of aromatic nitrogens is 2. The third-order valence-corrected chi connectivity index (χ3v) is 4.41. The molecule has 0 bridgehead atoms. The Hall–Kier alpha value is -3.88. The molecule has 2 aromatic carbocycles. The van der Waals surface area contributed by atoms with Crippen LogP contribution in [0.4, 0.5) is 5.69 Å². The minimum absolute atomic E-state index is 0.166. The number of nitro benzene ring substituents is 1. The highest BCUT2D eigenvalue weighted by atomic mass is 16.7. The van der Waals surface area contributed by atoms with E-state index in [1.165, 1.54) is 28.1 Å². The van der Waals surface area contributed by atoms with Crippen LogP contribution in [0.1, 0.15) is 15.9 Å². The monoisotopic (exact) mass is 380 g/mol. The van der Waals surface area contributed by atoms with Crippen molar-refractivity contribution in [3.63, 3.8) is 0 Å². The van der Waals surface area contributed by atoms with Gasteiger partial charge in [0, 0.05) is 37.6 Å². The van der Waals surface area contributed by atoms with E-state index in [1.54, 1.807) is 31.4 Å². The Balaban J connectivity index is 1.57. The van der Waals surface area contributed by atoms with Crippen LogP contribution in [0.2, 0.25) is 0 Å². The van der Waals surface area contributed by atoms with E-state index in [9.17, 15) is 14.9 Å². The largest absolute Gasteiger partial charge is 0.454 e. The number of nitrogens with zero attached hydrogens (tertiary/aromatic N) is 4. The molecule has 1 aromatic heterocycles. The molecule has 0 unspecified atom stereocenters. The lowest BCUT2D eigenvalue weighted by molar-refractivity contribution is -0.384. The van der Waals surface area contributed by atoms with Crippen molar-refractivity contribution in [2.24, 2.45) is 0 Å². The van der Waals surface area contributed by atoms with Crippen LogP contribution in [-0.4, -0.2) is 39.1 Å². The van der Waals surface area contributed by atoms with Crippen molar-refractivity contribution in [2.45, 2.75) is 6.54 Å². The molecule has 9 nitrogen and oxygen atoms in total. The van der Waals surface area contributed by atoms with Crippen molar-refractivity contribution in [1.82, 2.24) is 14.5 Å². The van der Waals surface area contributed by atoms with E-state index in [0.29, 0.717) is 23.7 Å². The van der Waals surface area contributed by atoms with Crippen molar-refractivity contribution in [2.75, 3.05) is 13.8 Å². The van der Waals surface area contributed by atoms with Gasteiger partial charge in [-0.05, 0) is 29.8 Å². The first kappa shape index (κ1) is 17.5. The number of fused-ring (bicyclic) bond motifs is 1. The lowest BCUT2D eigenvalue weighted by Crippen LogP contribution is -2.26. The van der Waals surface area contributed by atoms with E-state index in [1.807, 2.05) is 12.1 Å². The van der Waals surface area contributed by atoms with Crippen LogP contribution in [-0.2, 0) is 6.54 Å². The molecule has 0 atom stereocenters. The summed E-state index contributed by atoms with van der Waals surface area (Å²) in [5.74, 6) is 0.986. The summed E-state index contributed by atoms with van der Waals surface area (Å²) < 4.78 is 12.2. The Morgan fingerprint density at radius 1 is 1.25 bits per heavy atom. The number of amides is 1. The van der Waals surface area contributed by atoms with Gasteiger partial charge in [-0.2, -0.15) is 0 Å². The summed E-state index contributed by atoms with van der Waals surface area (Å²) in [6.45, 7) is 0.507. The summed E-state index contributed by atoms with van der Waals surface area (Å²) >= 11 is 0. The Kier molecular flexibility index (Phi) is 4.40. The van der Waals surface area contributed by atoms with Gasteiger partial charge in [-0.3, -0.25) is 14.9 Å². The van der Waals surface area contributed by atoms with Crippen LogP contribution in [0.25, 0.3) is 5.69 Å². The van der Waals surface area contributed by atoms with Gasteiger partial charge in [0.05, 0.1) is 11.3 Å². The predicted molar refractivity (Wildman–Crippen MR) is 98.6 cm³/mol. The Morgan fingerprint density at radius 2 is 2.07 bits per heavy atom. The molecule has 9 heteroatoms. The van der Waals surface area contributed by atoms with E-state index in [4.69, 9.17) is 9.47 Å². The van der Waals surface area contributed by atoms with E-state index < -0.39 is 4.92 Å². The van der Waals surface area contributed by atoms with E-state index >= 15 is 0 Å². The standard InChI is InChI=1S/C19H16N4O5/c1-21(10-13-2-5-17-18(8-13)28-12-27-17)19(24)14-3-4-15(16(9-14)23(25)26)22-7-6-20-11-22/h2-9,11H,10,12H2,1H3. The first-order valence-electron chi connectivity index (χ1n) is 8.43. The van der Waals surface area contributed by atoms with Crippen LogP contribution < -0.4 is 9.47 Å². The zero-order chi connectivity index (χ0) is 19.7. The van der Waals surface area contributed by atoms with E-state index in [-0.39, 0.29) is 24.0 Å². The summed E-state index contributed by atoms with van der Waals surface area (Å²) in [6, 6.07) is 9.86. The zero-order valence-corrected chi connectivity index (χ0v) is 14.9. The summed E-state index contributed by atoms with van der Waals surface area (Å²) in [6.07, 6.45) is 4.60. The van der Waals surface area contributed by atoms with Crippen molar-refractivity contribution in [1.29, 1.82) is 0 Å². The predicted octanol–water partition coefficient (Wildman–Crippen LogP) is 2.78. The fourth-order valence-electron chi connectivity index (χ4n) is 3.03. The third-order valence-electron chi connectivity index (χ3n) is 4.41. The lowest BCUT2D eigenvalue weighted by Gasteiger charge is -2.18. The fourth-order valence-corrected chi connectivity index (χ4v) is 3.03. The van der Waals surface area contributed by atoms with Gasteiger partial charge in [0.25, 0.3) is 11.6 Å². The molecule has 0 saturated carbocycles. The molecule has 0 saturated heterocycles. The highest BCUT2D eigenvalue weighted by Gasteiger charge is 2.21. The molecule has 3 aromatic rings. The summed E-state index contributed by atoms with van der Waals surface area (Å²) in [4.78, 5) is 29.2. The van der Waals surface area contributed by atoms with Crippen LogP contribution in [0.3, 0.4) is 0 Å². The summed E-state index contributed by atoms with van der Waals surface area (Å²) in [5.41, 5.74) is 1.28. The van der Waals surface area contributed by atoms with Crippen LogP contribution in [0, 0.1) is 10.1 Å². The second-order valence-electron chi connectivity index (χ2n) is 6.28. The molecule has 1 aliphatic heterocycles. The minimum Gasteiger partial charge on any atom is -0.454 e. The smallest absolute Gasteiger partial charge is 0.294 e. The molecular formula is C19H16N4O5. The SMILES string of the molecule is CN(Cc1ccc2c(c1)OCO2)C(=O)c1ccc(-n2ccnc2)c([N+](=O)[O-])c1. The topological polar surface area (TPSA) is 99.7 Å². The lowest BCUT2D eigenvalue weighted by atomic mass is 10.1. The number of rotatable bonds is 5. The normalized spacial score (nSPS) is 12.0. The molecule has 2 heterocycles. The van der Waals surface area contributed by atoms with E-state index in [2.05, 4.69) is 4.98 Å². The maximum atomic E-state index is 12.8. The van der Waals surface area contributed by atoms with Gasteiger partial charge in [0.15, 0.2) is 11.5 Å². The number of carbonyl (C=O) groups is 1. The number of nitro groups is 1. The zero-order valence-electron chi connectivity index (χ0n) is 14.9. The molecule has 0 fully saturated rings. The Morgan fingerprint density at radius 3 is 2.82 bits per heavy atom. The number of benzene rings is 2. The number of imidazole rings is 1. The van der Waals surface area contributed by atoms with Crippen molar-refractivity contribution >= 4 is 11.6 Å². The fraction of sp³-hybridized carbons (Fsp3) is 0.158. The van der Waals surface area contributed by atoms with E-state index in [0.717, 1.165) is 5.56 Å². The maximum Gasteiger partial charge on any atom is 0.294 e. The Labute approximate surface area is 159 Å². The molecule has 1 amide bonds. The first-order valence-corrected chi connectivity index (χ1v) is 8.43. The van der Waals surface area contributed by atoms with Crippen molar-refractivity contribution in [3.8, 4) is 17.2 Å². The molecule has 4 rings (SSSR count). The van der Waals surface area contributed by atoms with Crippen molar-refractivity contribution in [3.05, 3.63) is 76.4 Å². The van der Waals surface area contributed by atoms with Crippen LogP contribution in [0.15, 0.2) is 55.1 Å². The number of hydrogen-bond acceptors (Lipinski definition) is 6. The second kappa shape index (κ2) is 7.03. The average Bonchev–Trinajstić information content (AvgIpc) is 3.38. The number of hydrogen-bond donors (Lipinski definition) is 0. The van der Waals surface area contributed by atoms with Gasteiger partial charge < -0.3 is 18.9 Å². The van der Waals surface area contributed by atoms with Crippen LogP contribution >= 0.6 is 0 Å². The average molecular weight is 380 g/mol. The minimum atomic E-state index is -0.510. The van der Waals surface area contributed by atoms with Gasteiger partial charge in [-0.25, -0.2) is 4.98 Å². The summed E-state index contributed by atoms with van der Waals surface area (Å²) in [7, 11) is 1.64. The molecule has 0 N–H and O–H groups in total. The van der Waals surface area contributed by atoms with Gasteiger partial charge in [0.2, 0.25) is 6.79 Å². The number of ether oxygens (including phenoxy) is 2. The molecular weight excluding hydrogens is 364 g/mol. The first-order chi connectivity index (χ1) is 13.5. The van der Waals surface area contributed by atoms with Crippen LogP contribution in [0.5, 0.6) is 11.5 Å². The van der Waals surface area contributed by atoms with Crippen molar-refractivity contribution < 1.29 is 19.2 Å². The molecule has 0 spiro atoms. The van der Waals surface area contributed by atoms with Gasteiger partial charge >= 0.3 is 0 Å². The van der Waals surface area contributed by atoms with Gasteiger partial charge in [-0.1, -0.05) is 6.07 Å². The third kappa shape index (κ3) is 3.25. The molecule has 28 heavy (non-hydrogen) atoms. The Bertz CT molecular complexity index is 1050. The van der Waals surface area contributed by atoms with Gasteiger partial charge in [0.1, 0.15) is 5.69 Å². The highest BCUT2D eigenvalue weighted by molar-refractivity contribution is 5.95. The quantitative estimate of drug-likeness (QED) is 0.498. The highest BCUT2D eigenvalue weighted by Crippen LogP contribution is 2.33.